The molecule has 0 fully saturated rings. The number of carboxylic acids is 1. The molecule has 2 rings (SSSR count). The maximum Gasteiger partial charge on any atom is 0.308 e. The molecule has 0 unspecified atom stereocenters. The van der Waals surface area contributed by atoms with E-state index in [1.807, 2.05) is 0 Å². The molecule has 0 saturated carbocycles. The molecule has 6 nitrogen and oxygen atoms in total. The number of carboxylic acid groups (broad SMARTS) is 1. The van der Waals surface area contributed by atoms with Crippen LogP contribution in [0.25, 0.3) is 5.69 Å². The van der Waals surface area contributed by atoms with E-state index in [2.05, 4.69) is 0 Å². The van der Waals surface area contributed by atoms with E-state index in [0.717, 1.165) is 0 Å². The summed E-state index contributed by atoms with van der Waals surface area (Å²) in [6, 6.07) is 6.69. The number of carbonyl (C=O) groups is 1. The summed E-state index contributed by atoms with van der Waals surface area (Å²) in [5.41, 5.74) is 1.26. The van der Waals surface area contributed by atoms with Gasteiger partial charge in [-0.3, -0.25) is 9.59 Å². The second-order valence-corrected chi connectivity index (χ2v) is 4.78. The molecular weight excluding hydrogens is 286 g/mol. The monoisotopic (exact) mass is 303 g/mol. The van der Waals surface area contributed by atoms with Crippen LogP contribution in [0.2, 0.25) is 0 Å². The third-order valence-electron chi connectivity index (χ3n) is 3.31. The lowest BCUT2D eigenvalue weighted by Crippen LogP contribution is -2.17. The van der Waals surface area contributed by atoms with Crippen LogP contribution in [0.5, 0.6) is 11.5 Å². The molecule has 0 bridgehead atoms. The highest BCUT2D eigenvalue weighted by molar-refractivity contribution is 5.70. The number of aromatic nitrogens is 1. The Morgan fingerprint density at radius 1 is 1.23 bits per heavy atom. The van der Waals surface area contributed by atoms with E-state index in [-0.39, 0.29) is 17.4 Å². The second kappa shape index (κ2) is 6.34. The van der Waals surface area contributed by atoms with Gasteiger partial charge in [0.05, 0.1) is 26.3 Å². The number of pyridine rings is 1. The van der Waals surface area contributed by atoms with Crippen LogP contribution in [0, 0.1) is 6.92 Å². The Kier molecular flexibility index (Phi) is 4.50. The fraction of sp³-hybridized carbons (Fsp3) is 0.250. The Balaban J connectivity index is 2.66. The number of methoxy groups -OCH3 is 2. The zero-order valence-corrected chi connectivity index (χ0v) is 12.6. The molecule has 1 N–H and O–H groups in total. The number of hydrogen-bond donors (Lipinski definition) is 1. The van der Waals surface area contributed by atoms with Crippen molar-refractivity contribution >= 4 is 5.97 Å². The third kappa shape index (κ3) is 3.11. The number of aliphatic carboxylic acids is 1. The number of aryl methyl sites for hydroxylation is 1. The number of ether oxygens (including phenoxy) is 2. The molecule has 0 aliphatic heterocycles. The molecule has 1 heterocycles. The highest BCUT2D eigenvalue weighted by Gasteiger charge is 2.12. The Hall–Kier alpha value is -2.76. The Bertz CT molecular complexity index is 764. The van der Waals surface area contributed by atoms with Gasteiger partial charge in [-0.15, -0.1) is 0 Å². The first-order valence-corrected chi connectivity index (χ1v) is 6.62. The largest absolute Gasteiger partial charge is 0.497 e. The first-order valence-electron chi connectivity index (χ1n) is 6.62. The molecule has 22 heavy (non-hydrogen) atoms. The average molecular weight is 303 g/mol. The average Bonchev–Trinajstić information content (AvgIpc) is 2.49. The quantitative estimate of drug-likeness (QED) is 0.911. The van der Waals surface area contributed by atoms with Gasteiger partial charge in [0.15, 0.2) is 5.43 Å². The van der Waals surface area contributed by atoms with Crippen molar-refractivity contribution in [2.45, 2.75) is 13.3 Å². The van der Waals surface area contributed by atoms with Gasteiger partial charge in [0.2, 0.25) is 0 Å². The van der Waals surface area contributed by atoms with Crippen molar-refractivity contribution in [3.05, 3.63) is 51.9 Å². The van der Waals surface area contributed by atoms with Gasteiger partial charge >= 0.3 is 5.97 Å². The highest BCUT2D eigenvalue weighted by atomic mass is 16.5. The van der Waals surface area contributed by atoms with Gasteiger partial charge in [-0.05, 0) is 19.1 Å². The lowest BCUT2D eigenvalue weighted by molar-refractivity contribution is -0.136. The lowest BCUT2D eigenvalue weighted by Gasteiger charge is -2.16. The molecule has 0 radical (unpaired) electrons. The summed E-state index contributed by atoms with van der Waals surface area (Å²) in [4.78, 5) is 22.8. The Labute approximate surface area is 127 Å². The summed E-state index contributed by atoms with van der Waals surface area (Å²) in [6.07, 6.45) is 1.20. The van der Waals surface area contributed by atoms with Crippen molar-refractivity contribution in [3.8, 4) is 17.2 Å². The molecule has 116 valence electrons. The van der Waals surface area contributed by atoms with Crippen molar-refractivity contribution in [3.63, 3.8) is 0 Å². The van der Waals surface area contributed by atoms with Crippen LogP contribution < -0.4 is 14.9 Å². The maximum absolute atomic E-state index is 11.9. The SMILES string of the molecule is COc1ccc(OC)c(-n2cc(CC(=O)O)c(=O)cc2C)c1. The van der Waals surface area contributed by atoms with Crippen molar-refractivity contribution in [1.82, 2.24) is 4.57 Å². The van der Waals surface area contributed by atoms with Crippen LogP contribution in [0.4, 0.5) is 0 Å². The zero-order valence-electron chi connectivity index (χ0n) is 12.6. The van der Waals surface area contributed by atoms with Gasteiger partial charge in [-0.2, -0.15) is 0 Å². The van der Waals surface area contributed by atoms with Crippen molar-refractivity contribution in [2.75, 3.05) is 14.2 Å². The van der Waals surface area contributed by atoms with E-state index in [1.54, 1.807) is 43.9 Å². The van der Waals surface area contributed by atoms with Gasteiger partial charge in [0.1, 0.15) is 11.5 Å². The summed E-state index contributed by atoms with van der Waals surface area (Å²) in [5, 5.41) is 8.91. The van der Waals surface area contributed by atoms with Gasteiger partial charge < -0.3 is 19.1 Å². The fourth-order valence-corrected chi connectivity index (χ4v) is 2.21. The summed E-state index contributed by atoms with van der Waals surface area (Å²) >= 11 is 0. The summed E-state index contributed by atoms with van der Waals surface area (Å²) < 4.78 is 12.3. The molecule has 0 spiro atoms. The van der Waals surface area contributed by atoms with E-state index < -0.39 is 5.97 Å². The smallest absolute Gasteiger partial charge is 0.308 e. The van der Waals surface area contributed by atoms with Crippen molar-refractivity contribution in [1.29, 1.82) is 0 Å². The summed E-state index contributed by atoms with van der Waals surface area (Å²) in [7, 11) is 3.10. The minimum Gasteiger partial charge on any atom is -0.497 e. The molecule has 1 aromatic heterocycles. The van der Waals surface area contributed by atoms with Crippen LogP contribution in [0.3, 0.4) is 0 Å². The van der Waals surface area contributed by atoms with E-state index in [9.17, 15) is 9.59 Å². The topological polar surface area (TPSA) is 77.8 Å². The van der Waals surface area contributed by atoms with Crippen molar-refractivity contribution in [2.24, 2.45) is 0 Å². The van der Waals surface area contributed by atoms with Gasteiger partial charge in [0, 0.05) is 29.6 Å². The zero-order chi connectivity index (χ0) is 16.3. The lowest BCUT2D eigenvalue weighted by atomic mass is 10.1. The molecule has 0 atom stereocenters. The number of nitrogens with zero attached hydrogens (tertiary/aromatic N) is 1. The fourth-order valence-electron chi connectivity index (χ4n) is 2.21. The molecule has 1 aromatic carbocycles. The predicted octanol–water partition coefficient (Wildman–Crippen LogP) is 1.79. The van der Waals surface area contributed by atoms with Gasteiger partial charge in [-0.1, -0.05) is 0 Å². The van der Waals surface area contributed by atoms with E-state index >= 15 is 0 Å². The second-order valence-electron chi connectivity index (χ2n) is 4.78. The Morgan fingerprint density at radius 2 is 1.95 bits per heavy atom. The van der Waals surface area contributed by atoms with Crippen LogP contribution in [0.15, 0.2) is 35.3 Å². The molecule has 2 aromatic rings. The van der Waals surface area contributed by atoms with Gasteiger partial charge in [-0.25, -0.2) is 0 Å². The minimum absolute atomic E-state index is 0.211. The number of hydrogen-bond acceptors (Lipinski definition) is 4. The third-order valence-corrected chi connectivity index (χ3v) is 3.31. The number of benzene rings is 1. The van der Waals surface area contributed by atoms with E-state index in [0.29, 0.717) is 22.9 Å². The predicted molar refractivity (Wildman–Crippen MR) is 81.2 cm³/mol. The van der Waals surface area contributed by atoms with Crippen LogP contribution in [0.1, 0.15) is 11.3 Å². The standard InChI is InChI=1S/C16H17NO5/c1-10-6-14(18)11(7-16(19)20)9-17(10)13-8-12(21-2)4-5-15(13)22-3/h4-6,8-9H,7H2,1-3H3,(H,19,20). The molecule has 0 aliphatic carbocycles. The molecule has 0 amide bonds. The van der Waals surface area contributed by atoms with Gasteiger partial charge in [0.25, 0.3) is 0 Å². The van der Waals surface area contributed by atoms with Crippen molar-refractivity contribution < 1.29 is 19.4 Å². The summed E-state index contributed by atoms with van der Waals surface area (Å²) in [5.74, 6) is 0.174. The minimum atomic E-state index is -1.05. The molecular formula is C16H17NO5. The molecule has 6 heteroatoms. The first kappa shape index (κ1) is 15.6. The number of rotatable bonds is 5. The molecule has 0 aliphatic rings. The molecule has 0 saturated heterocycles. The van der Waals surface area contributed by atoms with Crippen LogP contribution in [-0.2, 0) is 11.2 Å². The van der Waals surface area contributed by atoms with Crippen LogP contribution in [-0.4, -0.2) is 29.9 Å². The van der Waals surface area contributed by atoms with E-state index in [1.165, 1.54) is 12.3 Å². The highest BCUT2D eigenvalue weighted by Crippen LogP contribution is 2.28. The van der Waals surface area contributed by atoms with E-state index in [4.69, 9.17) is 14.6 Å². The normalized spacial score (nSPS) is 10.3. The van der Waals surface area contributed by atoms with Crippen LogP contribution >= 0.6 is 0 Å². The summed E-state index contributed by atoms with van der Waals surface area (Å²) in [6.45, 7) is 1.77. The Morgan fingerprint density at radius 3 is 2.55 bits per heavy atom. The first-order chi connectivity index (χ1) is 10.5. The maximum atomic E-state index is 11.9.